The highest BCUT2D eigenvalue weighted by molar-refractivity contribution is 6.30. The molecule has 0 aromatic carbocycles. The first-order valence-electron chi connectivity index (χ1n) is 5.67. The molecule has 0 atom stereocenters. The van der Waals surface area contributed by atoms with Gasteiger partial charge in [0.25, 0.3) is 0 Å². The first kappa shape index (κ1) is 15.0. The number of alkyl halides is 3. The molecule has 3 nitrogen and oxygen atoms in total. The molecule has 21 heavy (non-hydrogen) atoms. The first-order valence-corrected chi connectivity index (χ1v) is 6.05. The third kappa shape index (κ3) is 3.80. The van der Waals surface area contributed by atoms with E-state index in [2.05, 4.69) is 9.97 Å². The Morgan fingerprint density at radius 2 is 1.90 bits per heavy atom. The minimum atomic E-state index is -4.49. The van der Waals surface area contributed by atoms with E-state index in [0.717, 1.165) is 12.3 Å². The Labute approximate surface area is 123 Å². The fraction of sp³-hybridized carbons (Fsp3) is 0.0714. The number of aromatic nitrogens is 2. The van der Waals surface area contributed by atoms with E-state index in [1.54, 1.807) is 12.1 Å². The highest BCUT2D eigenvalue weighted by atomic mass is 35.5. The van der Waals surface area contributed by atoms with Crippen LogP contribution in [0, 0.1) is 11.3 Å². The molecule has 0 spiro atoms. The summed E-state index contributed by atoms with van der Waals surface area (Å²) in [5.74, 6) is 0. The summed E-state index contributed by atoms with van der Waals surface area (Å²) in [6.45, 7) is 0. The zero-order valence-electron chi connectivity index (χ0n) is 10.4. The van der Waals surface area contributed by atoms with Crippen LogP contribution in [0.3, 0.4) is 0 Å². The fourth-order valence-electron chi connectivity index (χ4n) is 1.52. The number of pyridine rings is 2. The quantitative estimate of drug-likeness (QED) is 0.781. The standard InChI is InChI=1S/C14H7ClF3N3/c15-11-2-3-12(20-8-11)10(6-19)5-9-1-4-13(21-7-9)14(16,17)18/h1-5,7-8H/b10-5-. The number of rotatable bonds is 2. The lowest BCUT2D eigenvalue weighted by Gasteiger charge is -2.05. The number of nitrogens with zero attached hydrogens (tertiary/aromatic N) is 3. The van der Waals surface area contributed by atoms with Crippen LogP contribution in [-0.2, 0) is 6.18 Å². The lowest BCUT2D eigenvalue weighted by molar-refractivity contribution is -0.141. The highest BCUT2D eigenvalue weighted by Gasteiger charge is 2.31. The second kappa shape index (κ2) is 5.94. The number of hydrogen-bond acceptors (Lipinski definition) is 3. The van der Waals surface area contributed by atoms with Crippen LogP contribution in [0.5, 0.6) is 0 Å². The average molecular weight is 310 g/mol. The zero-order chi connectivity index (χ0) is 15.5. The highest BCUT2D eigenvalue weighted by Crippen LogP contribution is 2.27. The second-order valence-electron chi connectivity index (χ2n) is 4.01. The van der Waals surface area contributed by atoms with E-state index in [-0.39, 0.29) is 5.57 Å². The molecule has 0 unspecified atom stereocenters. The third-order valence-corrected chi connectivity index (χ3v) is 2.74. The van der Waals surface area contributed by atoms with Gasteiger partial charge in [0.15, 0.2) is 0 Å². The van der Waals surface area contributed by atoms with Gasteiger partial charge < -0.3 is 0 Å². The summed E-state index contributed by atoms with van der Waals surface area (Å²) in [5, 5.41) is 9.53. The summed E-state index contributed by atoms with van der Waals surface area (Å²) in [4.78, 5) is 7.30. The monoisotopic (exact) mass is 309 g/mol. The molecule has 0 N–H and O–H groups in total. The van der Waals surface area contributed by atoms with Gasteiger partial charge in [-0.1, -0.05) is 17.7 Å². The predicted molar refractivity (Wildman–Crippen MR) is 72.0 cm³/mol. The summed E-state index contributed by atoms with van der Waals surface area (Å²) >= 11 is 5.70. The van der Waals surface area contributed by atoms with E-state index in [0.29, 0.717) is 16.3 Å². The van der Waals surface area contributed by atoms with Crippen molar-refractivity contribution in [3.63, 3.8) is 0 Å². The summed E-state index contributed by atoms with van der Waals surface area (Å²) in [5.41, 5.74) is -0.0332. The molecule has 0 aliphatic rings. The van der Waals surface area contributed by atoms with Crippen molar-refractivity contribution in [3.8, 4) is 6.07 Å². The number of nitriles is 1. The van der Waals surface area contributed by atoms with Crippen LogP contribution in [0.4, 0.5) is 13.2 Å². The Morgan fingerprint density at radius 1 is 1.14 bits per heavy atom. The summed E-state index contributed by atoms with van der Waals surface area (Å²) in [6, 6.07) is 7.15. The van der Waals surface area contributed by atoms with Gasteiger partial charge in [-0.15, -0.1) is 0 Å². The van der Waals surface area contributed by atoms with E-state index in [1.165, 1.54) is 18.3 Å². The molecule has 2 aromatic rings. The maximum atomic E-state index is 12.4. The molecule has 106 valence electrons. The molecular weight excluding hydrogens is 303 g/mol. The van der Waals surface area contributed by atoms with Crippen molar-refractivity contribution in [1.82, 2.24) is 9.97 Å². The van der Waals surface area contributed by atoms with Crippen molar-refractivity contribution in [2.75, 3.05) is 0 Å². The van der Waals surface area contributed by atoms with Crippen LogP contribution in [0.1, 0.15) is 17.0 Å². The number of allylic oxidation sites excluding steroid dienone is 1. The lowest BCUT2D eigenvalue weighted by Crippen LogP contribution is -2.07. The second-order valence-corrected chi connectivity index (χ2v) is 4.44. The third-order valence-electron chi connectivity index (χ3n) is 2.51. The topological polar surface area (TPSA) is 49.6 Å². The van der Waals surface area contributed by atoms with Crippen LogP contribution < -0.4 is 0 Å². The summed E-state index contributed by atoms with van der Waals surface area (Å²) < 4.78 is 37.2. The van der Waals surface area contributed by atoms with Gasteiger partial charge in [0.1, 0.15) is 11.8 Å². The van der Waals surface area contributed by atoms with Gasteiger partial charge in [-0.25, -0.2) is 0 Å². The van der Waals surface area contributed by atoms with E-state index in [1.807, 2.05) is 6.07 Å². The molecule has 0 aliphatic heterocycles. The van der Waals surface area contributed by atoms with Crippen molar-refractivity contribution in [2.24, 2.45) is 0 Å². The van der Waals surface area contributed by atoms with Gasteiger partial charge in [-0.05, 0) is 29.8 Å². The Balaban J connectivity index is 2.33. The molecule has 2 aromatic heterocycles. The Bertz CT molecular complexity index is 698. The maximum Gasteiger partial charge on any atom is 0.433 e. The van der Waals surface area contributed by atoms with Crippen LogP contribution in [0.25, 0.3) is 11.6 Å². The maximum absolute atomic E-state index is 12.4. The molecule has 2 rings (SSSR count). The SMILES string of the molecule is N#C/C(=C/c1ccc(C(F)(F)F)nc1)c1ccc(Cl)cn1. The number of hydrogen-bond donors (Lipinski definition) is 0. The van der Waals surface area contributed by atoms with Crippen molar-refractivity contribution in [2.45, 2.75) is 6.18 Å². The van der Waals surface area contributed by atoms with Crippen LogP contribution in [0.15, 0.2) is 36.7 Å². The molecule has 0 radical (unpaired) electrons. The smallest absolute Gasteiger partial charge is 0.254 e. The summed E-state index contributed by atoms with van der Waals surface area (Å²) in [7, 11) is 0. The Hall–Kier alpha value is -2.39. The molecular formula is C14H7ClF3N3. The van der Waals surface area contributed by atoms with E-state index < -0.39 is 11.9 Å². The molecule has 0 amide bonds. The largest absolute Gasteiger partial charge is 0.433 e. The van der Waals surface area contributed by atoms with Crippen molar-refractivity contribution < 1.29 is 13.2 Å². The Morgan fingerprint density at radius 3 is 2.38 bits per heavy atom. The van der Waals surface area contributed by atoms with Gasteiger partial charge in [0, 0.05) is 12.4 Å². The normalized spacial score (nSPS) is 12.0. The van der Waals surface area contributed by atoms with E-state index >= 15 is 0 Å². The van der Waals surface area contributed by atoms with Gasteiger partial charge in [0.05, 0.1) is 16.3 Å². The van der Waals surface area contributed by atoms with Crippen molar-refractivity contribution in [3.05, 3.63) is 58.6 Å². The van der Waals surface area contributed by atoms with Gasteiger partial charge in [0.2, 0.25) is 0 Å². The first-order chi connectivity index (χ1) is 9.90. The fourth-order valence-corrected chi connectivity index (χ4v) is 1.64. The van der Waals surface area contributed by atoms with Crippen LogP contribution in [0.2, 0.25) is 5.02 Å². The minimum absolute atomic E-state index is 0.202. The minimum Gasteiger partial charge on any atom is -0.254 e. The van der Waals surface area contributed by atoms with Gasteiger partial charge in [-0.3, -0.25) is 9.97 Å². The Kier molecular flexibility index (Phi) is 4.24. The molecule has 0 saturated heterocycles. The van der Waals surface area contributed by atoms with Crippen molar-refractivity contribution >= 4 is 23.3 Å². The van der Waals surface area contributed by atoms with Crippen LogP contribution in [-0.4, -0.2) is 9.97 Å². The molecule has 0 saturated carbocycles. The zero-order valence-corrected chi connectivity index (χ0v) is 11.2. The van der Waals surface area contributed by atoms with Gasteiger partial charge in [-0.2, -0.15) is 18.4 Å². The predicted octanol–water partition coefficient (Wildman–Crippen LogP) is 4.21. The molecule has 2 heterocycles. The summed E-state index contributed by atoms with van der Waals surface area (Å²) in [6.07, 6.45) is -0.648. The van der Waals surface area contributed by atoms with Gasteiger partial charge >= 0.3 is 6.18 Å². The molecule has 0 aliphatic carbocycles. The van der Waals surface area contributed by atoms with E-state index in [9.17, 15) is 13.2 Å². The van der Waals surface area contributed by atoms with Crippen LogP contribution >= 0.6 is 11.6 Å². The molecule has 0 bridgehead atoms. The van der Waals surface area contributed by atoms with Crippen molar-refractivity contribution in [1.29, 1.82) is 5.26 Å². The molecule has 0 fully saturated rings. The number of halogens is 4. The molecule has 7 heteroatoms. The van der Waals surface area contributed by atoms with E-state index in [4.69, 9.17) is 16.9 Å². The lowest BCUT2D eigenvalue weighted by atomic mass is 10.1. The average Bonchev–Trinajstić information content (AvgIpc) is 2.45.